The van der Waals surface area contributed by atoms with Crippen LogP contribution in [0.4, 0.5) is 0 Å². The van der Waals surface area contributed by atoms with Crippen LogP contribution in [-0.2, 0) is 11.3 Å². The number of benzene rings is 2. The molecule has 3 aromatic rings. The van der Waals surface area contributed by atoms with Crippen LogP contribution in [0.25, 0.3) is 11.0 Å². The molecule has 1 aromatic heterocycles. The minimum atomic E-state index is 0.184. The molecule has 0 N–H and O–H groups in total. The summed E-state index contributed by atoms with van der Waals surface area (Å²) in [6, 6.07) is 14.2. The molecule has 1 fully saturated rings. The Hall–Kier alpha value is -2.47. The number of para-hydroxylation sites is 2. The molecule has 0 unspecified atom stereocenters. The van der Waals surface area contributed by atoms with Crippen LogP contribution in [0.5, 0.6) is 5.75 Å². The van der Waals surface area contributed by atoms with Crippen molar-refractivity contribution in [2.45, 2.75) is 45.3 Å². The van der Waals surface area contributed by atoms with Crippen LogP contribution in [-0.4, -0.2) is 45.8 Å². The van der Waals surface area contributed by atoms with E-state index in [9.17, 15) is 4.79 Å². The van der Waals surface area contributed by atoms with Crippen molar-refractivity contribution in [2.24, 2.45) is 5.92 Å². The molecule has 164 valence electrons. The lowest BCUT2D eigenvalue weighted by Crippen LogP contribution is -2.39. The highest BCUT2D eigenvalue weighted by atomic mass is 32.2. The van der Waals surface area contributed by atoms with Crippen LogP contribution in [0.3, 0.4) is 0 Å². The van der Waals surface area contributed by atoms with Crippen molar-refractivity contribution in [3.05, 3.63) is 53.6 Å². The van der Waals surface area contributed by atoms with Crippen LogP contribution in [0, 0.1) is 19.8 Å². The van der Waals surface area contributed by atoms with Gasteiger partial charge >= 0.3 is 0 Å². The Labute approximate surface area is 188 Å². The first-order valence-corrected chi connectivity index (χ1v) is 12.1. The van der Waals surface area contributed by atoms with Crippen molar-refractivity contribution in [1.82, 2.24) is 14.5 Å². The van der Waals surface area contributed by atoms with E-state index in [0.717, 1.165) is 53.6 Å². The predicted octanol–water partition coefficient (Wildman–Crippen LogP) is 5.08. The predicted molar refractivity (Wildman–Crippen MR) is 127 cm³/mol. The summed E-state index contributed by atoms with van der Waals surface area (Å²) in [6.07, 6.45) is 2.18. The zero-order valence-electron chi connectivity index (χ0n) is 18.6. The molecule has 5 nitrogen and oxygen atoms in total. The number of amides is 1. The number of piperidine rings is 1. The molecule has 0 bridgehead atoms. The summed E-state index contributed by atoms with van der Waals surface area (Å²) in [5, 5.41) is 0.879. The van der Waals surface area contributed by atoms with E-state index in [0.29, 0.717) is 19.1 Å². The Morgan fingerprint density at radius 3 is 2.71 bits per heavy atom. The number of rotatable bonds is 7. The molecule has 0 atom stereocenters. The molecule has 1 aliphatic heterocycles. The van der Waals surface area contributed by atoms with Gasteiger partial charge in [0.25, 0.3) is 0 Å². The summed E-state index contributed by atoms with van der Waals surface area (Å²) in [5.74, 6) is 2.60. The van der Waals surface area contributed by atoms with E-state index in [4.69, 9.17) is 9.72 Å². The number of thioether (sulfide) groups is 1. The normalized spacial score (nSPS) is 14.9. The highest BCUT2D eigenvalue weighted by molar-refractivity contribution is 7.99. The van der Waals surface area contributed by atoms with Gasteiger partial charge < -0.3 is 14.2 Å². The summed E-state index contributed by atoms with van der Waals surface area (Å²) < 4.78 is 8.07. The Morgan fingerprint density at radius 2 is 1.90 bits per heavy atom. The zero-order chi connectivity index (χ0) is 21.8. The molecule has 0 saturated carbocycles. The van der Waals surface area contributed by atoms with Gasteiger partial charge in [-0.25, -0.2) is 4.98 Å². The molecule has 1 saturated heterocycles. The number of ether oxygens (including phenoxy) is 1. The van der Waals surface area contributed by atoms with Crippen molar-refractivity contribution in [1.29, 1.82) is 0 Å². The first kappa shape index (κ1) is 21.8. The molecule has 6 heteroatoms. The SMILES string of the molecule is Cc1cccc(OCCSc2nc3ccccc3n2CC(=O)N2CCC(C)CC2)c1C. The second kappa shape index (κ2) is 9.77. The topological polar surface area (TPSA) is 47.4 Å². The quantitative estimate of drug-likeness (QED) is 0.382. The summed E-state index contributed by atoms with van der Waals surface area (Å²) in [6.45, 7) is 9.10. The second-order valence-corrected chi connectivity index (χ2v) is 9.49. The van der Waals surface area contributed by atoms with Gasteiger partial charge in [-0.2, -0.15) is 0 Å². The van der Waals surface area contributed by atoms with E-state index in [1.165, 1.54) is 11.1 Å². The average Bonchev–Trinajstić information content (AvgIpc) is 3.12. The average molecular weight is 438 g/mol. The number of aromatic nitrogens is 2. The Kier molecular flexibility index (Phi) is 6.86. The number of likely N-dealkylation sites (tertiary alicyclic amines) is 1. The molecule has 1 aliphatic rings. The Bertz CT molecular complexity index is 1050. The van der Waals surface area contributed by atoms with Gasteiger partial charge in [0.15, 0.2) is 5.16 Å². The summed E-state index contributed by atoms with van der Waals surface area (Å²) in [4.78, 5) is 19.8. The summed E-state index contributed by atoms with van der Waals surface area (Å²) in [5.41, 5.74) is 4.36. The van der Waals surface area contributed by atoms with Gasteiger partial charge in [0, 0.05) is 18.8 Å². The van der Waals surface area contributed by atoms with Gasteiger partial charge in [-0.3, -0.25) is 4.79 Å². The Morgan fingerprint density at radius 1 is 1.13 bits per heavy atom. The molecule has 0 radical (unpaired) electrons. The molecular weight excluding hydrogens is 406 g/mol. The van der Waals surface area contributed by atoms with E-state index in [2.05, 4.69) is 31.4 Å². The van der Waals surface area contributed by atoms with Crippen molar-refractivity contribution in [3.8, 4) is 5.75 Å². The van der Waals surface area contributed by atoms with E-state index >= 15 is 0 Å². The minimum Gasteiger partial charge on any atom is -0.492 e. The maximum Gasteiger partial charge on any atom is 0.242 e. The van der Waals surface area contributed by atoms with Crippen molar-refractivity contribution in [3.63, 3.8) is 0 Å². The first-order chi connectivity index (χ1) is 15.0. The fraction of sp³-hybridized carbons (Fsp3) is 0.440. The maximum absolute atomic E-state index is 13.0. The van der Waals surface area contributed by atoms with Gasteiger partial charge in [0.2, 0.25) is 5.91 Å². The third-order valence-corrected chi connectivity index (χ3v) is 7.12. The van der Waals surface area contributed by atoms with E-state index in [-0.39, 0.29) is 5.91 Å². The number of hydrogen-bond donors (Lipinski definition) is 0. The van der Waals surface area contributed by atoms with Crippen LogP contribution >= 0.6 is 11.8 Å². The summed E-state index contributed by atoms with van der Waals surface area (Å²) >= 11 is 1.65. The monoisotopic (exact) mass is 437 g/mol. The van der Waals surface area contributed by atoms with Gasteiger partial charge in [-0.05, 0) is 61.9 Å². The molecule has 2 aromatic carbocycles. The third-order valence-electron chi connectivity index (χ3n) is 6.18. The first-order valence-electron chi connectivity index (χ1n) is 11.1. The molecule has 31 heavy (non-hydrogen) atoms. The van der Waals surface area contributed by atoms with Crippen molar-refractivity contribution >= 4 is 28.7 Å². The molecule has 2 heterocycles. The van der Waals surface area contributed by atoms with Crippen molar-refractivity contribution in [2.75, 3.05) is 25.4 Å². The van der Waals surface area contributed by atoms with Crippen LogP contribution < -0.4 is 4.74 Å². The molecule has 0 aliphatic carbocycles. The number of aryl methyl sites for hydroxylation is 1. The molecular formula is C25H31N3O2S. The van der Waals surface area contributed by atoms with Crippen LogP contribution in [0.1, 0.15) is 30.9 Å². The van der Waals surface area contributed by atoms with E-state index in [1.54, 1.807) is 11.8 Å². The molecule has 1 amide bonds. The largest absolute Gasteiger partial charge is 0.492 e. The third kappa shape index (κ3) is 5.06. The zero-order valence-corrected chi connectivity index (χ0v) is 19.5. The van der Waals surface area contributed by atoms with Crippen molar-refractivity contribution < 1.29 is 9.53 Å². The van der Waals surface area contributed by atoms with Gasteiger partial charge in [-0.1, -0.05) is 43.0 Å². The number of imidazole rings is 1. The highest BCUT2D eigenvalue weighted by Crippen LogP contribution is 2.26. The maximum atomic E-state index is 13.0. The Balaban J connectivity index is 1.43. The number of carbonyl (C=O) groups is 1. The standard InChI is InChI=1S/C25H31N3O2S/c1-18-11-13-27(14-12-18)24(29)17-28-22-9-5-4-8-21(22)26-25(28)31-16-15-30-23-10-6-7-19(2)20(23)3/h4-10,18H,11-17H2,1-3H3. The lowest BCUT2D eigenvalue weighted by Gasteiger charge is -2.30. The van der Waals surface area contributed by atoms with E-state index < -0.39 is 0 Å². The number of carbonyl (C=O) groups excluding carboxylic acids is 1. The number of hydrogen-bond acceptors (Lipinski definition) is 4. The number of nitrogens with zero attached hydrogens (tertiary/aromatic N) is 3. The van der Waals surface area contributed by atoms with Crippen LogP contribution in [0.15, 0.2) is 47.6 Å². The molecule has 0 spiro atoms. The lowest BCUT2D eigenvalue weighted by atomic mass is 9.99. The van der Waals surface area contributed by atoms with Gasteiger partial charge in [0.05, 0.1) is 17.6 Å². The highest BCUT2D eigenvalue weighted by Gasteiger charge is 2.22. The fourth-order valence-corrected chi connectivity index (χ4v) is 4.81. The minimum absolute atomic E-state index is 0.184. The smallest absolute Gasteiger partial charge is 0.242 e. The van der Waals surface area contributed by atoms with Crippen LogP contribution in [0.2, 0.25) is 0 Å². The number of fused-ring (bicyclic) bond motifs is 1. The van der Waals surface area contributed by atoms with Gasteiger partial charge in [0.1, 0.15) is 12.3 Å². The summed E-state index contributed by atoms with van der Waals surface area (Å²) in [7, 11) is 0. The van der Waals surface area contributed by atoms with Gasteiger partial charge in [-0.15, -0.1) is 0 Å². The second-order valence-electron chi connectivity index (χ2n) is 8.43. The lowest BCUT2D eigenvalue weighted by molar-refractivity contribution is -0.133. The van der Waals surface area contributed by atoms with E-state index in [1.807, 2.05) is 41.3 Å². The molecule has 4 rings (SSSR count). The fourth-order valence-electron chi connectivity index (χ4n) is 3.97.